The van der Waals surface area contributed by atoms with E-state index < -0.39 is 5.82 Å². The first-order valence-corrected chi connectivity index (χ1v) is 7.91. The Morgan fingerprint density at radius 1 is 1.24 bits per heavy atom. The van der Waals surface area contributed by atoms with E-state index in [9.17, 15) is 9.18 Å². The van der Waals surface area contributed by atoms with Crippen LogP contribution >= 0.6 is 0 Å². The summed E-state index contributed by atoms with van der Waals surface area (Å²) in [5, 5.41) is 14.7. The molecule has 0 bridgehead atoms. The Bertz CT molecular complexity index is 914. The quantitative estimate of drug-likeness (QED) is 0.769. The second-order valence-electron chi connectivity index (χ2n) is 5.83. The van der Waals surface area contributed by atoms with Crippen LogP contribution in [0.15, 0.2) is 30.6 Å². The van der Waals surface area contributed by atoms with Gasteiger partial charge in [-0.05, 0) is 45.0 Å². The molecular formula is C17H19FN6O. The van der Waals surface area contributed by atoms with Crippen molar-refractivity contribution in [1.29, 1.82) is 0 Å². The lowest BCUT2D eigenvalue weighted by Crippen LogP contribution is -2.27. The minimum absolute atomic E-state index is 0.267. The van der Waals surface area contributed by atoms with Gasteiger partial charge in [0.1, 0.15) is 23.7 Å². The number of aryl methyl sites for hydroxylation is 3. The molecule has 130 valence electrons. The predicted octanol–water partition coefficient (Wildman–Crippen LogP) is 1.96. The first-order chi connectivity index (χ1) is 12.0. The van der Waals surface area contributed by atoms with Crippen molar-refractivity contribution in [1.82, 2.24) is 29.9 Å². The summed E-state index contributed by atoms with van der Waals surface area (Å²) in [4.78, 5) is 12.2. The highest BCUT2D eigenvalue weighted by atomic mass is 19.1. The number of benzene rings is 1. The van der Waals surface area contributed by atoms with Crippen LogP contribution in [0.25, 0.3) is 5.69 Å². The van der Waals surface area contributed by atoms with E-state index >= 15 is 0 Å². The predicted molar refractivity (Wildman–Crippen MR) is 90.1 cm³/mol. The number of rotatable bonds is 5. The Morgan fingerprint density at radius 2 is 2.04 bits per heavy atom. The molecule has 0 aliphatic carbocycles. The van der Waals surface area contributed by atoms with Crippen molar-refractivity contribution in [3.63, 3.8) is 0 Å². The van der Waals surface area contributed by atoms with Crippen LogP contribution in [0, 0.1) is 26.6 Å². The van der Waals surface area contributed by atoms with Crippen LogP contribution in [0.2, 0.25) is 0 Å². The molecule has 2 heterocycles. The van der Waals surface area contributed by atoms with Crippen LogP contribution in [-0.4, -0.2) is 37.0 Å². The molecule has 0 saturated heterocycles. The Morgan fingerprint density at radius 3 is 2.64 bits per heavy atom. The average molecular weight is 342 g/mol. The summed E-state index contributed by atoms with van der Waals surface area (Å²) >= 11 is 0. The van der Waals surface area contributed by atoms with Crippen molar-refractivity contribution in [3.05, 3.63) is 59.2 Å². The zero-order chi connectivity index (χ0) is 18.0. The fraction of sp³-hybridized carbons (Fsp3) is 0.294. The van der Waals surface area contributed by atoms with Gasteiger partial charge in [0.2, 0.25) is 0 Å². The Hall–Kier alpha value is -3.03. The van der Waals surface area contributed by atoms with Crippen molar-refractivity contribution in [2.75, 3.05) is 6.54 Å². The molecule has 2 aromatic heterocycles. The topological polar surface area (TPSA) is 77.6 Å². The highest BCUT2D eigenvalue weighted by Crippen LogP contribution is 2.17. The molecule has 0 radical (unpaired) electrons. The highest BCUT2D eigenvalue weighted by molar-refractivity contribution is 5.94. The molecule has 0 atom stereocenters. The minimum Gasteiger partial charge on any atom is -0.350 e. The molecule has 1 aromatic carbocycles. The Balaban J connectivity index is 1.68. The van der Waals surface area contributed by atoms with Crippen LogP contribution in [-0.2, 0) is 6.54 Å². The van der Waals surface area contributed by atoms with Crippen LogP contribution < -0.4 is 5.32 Å². The number of carbonyl (C=O) groups is 1. The van der Waals surface area contributed by atoms with Gasteiger partial charge in [0.05, 0.1) is 5.69 Å². The van der Waals surface area contributed by atoms with Gasteiger partial charge < -0.3 is 9.88 Å². The molecule has 0 aliphatic rings. The first kappa shape index (κ1) is 16.8. The third-order valence-electron chi connectivity index (χ3n) is 3.90. The van der Waals surface area contributed by atoms with Crippen molar-refractivity contribution < 1.29 is 9.18 Å². The lowest BCUT2D eigenvalue weighted by molar-refractivity contribution is 0.0951. The number of carbonyl (C=O) groups excluding carboxylic acids is 1. The van der Waals surface area contributed by atoms with Gasteiger partial charge in [-0.2, -0.15) is 5.10 Å². The highest BCUT2D eigenvalue weighted by Gasteiger charge is 2.13. The maximum absolute atomic E-state index is 14.4. The largest absolute Gasteiger partial charge is 0.350 e. The van der Waals surface area contributed by atoms with E-state index in [1.165, 1.54) is 10.7 Å². The van der Waals surface area contributed by atoms with Crippen LogP contribution in [0.4, 0.5) is 4.39 Å². The minimum atomic E-state index is -0.492. The van der Waals surface area contributed by atoms with Crippen molar-refractivity contribution in [2.24, 2.45) is 0 Å². The standard InChI is InChI=1S/C17H19FN6O/c1-11-8-12(2)24(22-11)16-5-4-14(9-15(16)18)17(25)19-6-7-23-10-20-21-13(23)3/h4-5,8-10H,6-7H2,1-3H3,(H,19,25). The normalized spacial score (nSPS) is 10.9. The second kappa shape index (κ2) is 6.84. The second-order valence-corrected chi connectivity index (χ2v) is 5.83. The molecule has 3 aromatic rings. The van der Waals surface area contributed by atoms with Crippen LogP contribution in [0.3, 0.4) is 0 Å². The third kappa shape index (κ3) is 3.57. The van der Waals surface area contributed by atoms with E-state index in [-0.39, 0.29) is 11.5 Å². The molecule has 0 unspecified atom stereocenters. The van der Waals surface area contributed by atoms with E-state index in [1.807, 2.05) is 31.4 Å². The molecule has 0 spiro atoms. The van der Waals surface area contributed by atoms with E-state index in [2.05, 4.69) is 20.6 Å². The number of hydrogen-bond acceptors (Lipinski definition) is 4. The zero-order valence-corrected chi connectivity index (χ0v) is 14.3. The molecule has 25 heavy (non-hydrogen) atoms. The third-order valence-corrected chi connectivity index (χ3v) is 3.90. The molecule has 0 fully saturated rings. The number of halogens is 1. The zero-order valence-electron chi connectivity index (χ0n) is 14.3. The number of hydrogen-bond donors (Lipinski definition) is 1. The van der Waals surface area contributed by atoms with Crippen molar-refractivity contribution in [3.8, 4) is 5.69 Å². The van der Waals surface area contributed by atoms with Crippen LogP contribution in [0.5, 0.6) is 0 Å². The molecular weight excluding hydrogens is 323 g/mol. The lowest BCUT2D eigenvalue weighted by atomic mass is 10.2. The molecule has 3 rings (SSSR count). The van der Waals surface area contributed by atoms with Gasteiger partial charge >= 0.3 is 0 Å². The van der Waals surface area contributed by atoms with E-state index in [1.54, 1.807) is 18.5 Å². The maximum Gasteiger partial charge on any atom is 0.251 e. The van der Waals surface area contributed by atoms with E-state index in [0.29, 0.717) is 18.8 Å². The van der Waals surface area contributed by atoms with E-state index in [0.717, 1.165) is 17.2 Å². The maximum atomic E-state index is 14.4. The van der Waals surface area contributed by atoms with Gasteiger partial charge in [0, 0.05) is 24.3 Å². The fourth-order valence-corrected chi connectivity index (χ4v) is 2.62. The summed E-state index contributed by atoms with van der Waals surface area (Å²) < 4.78 is 17.8. The van der Waals surface area contributed by atoms with Gasteiger partial charge in [-0.1, -0.05) is 0 Å². The smallest absolute Gasteiger partial charge is 0.251 e. The summed E-state index contributed by atoms with van der Waals surface area (Å²) in [6.45, 7) is 6.49. The van der Waals surface area contributed by atoms with Gasteiger partial charge in [0.15, 0.2) is 0 Å². The van der Waals surface area contributed by atoms with Gasteiger partial charge in [-0.3, -0.25) is 4.79 Å². The van der Waals surface area contributed by atoms with E-state index in [4.69, 9.17) is 0 Å². The van der Waals surface area contributed by atoms with Gasteiger partial charge in [0.25, 0.3) is 5.91 Å². The summed E-state index contributed by atoms with van der Waals surface area (Å²) in [5.74, 6) is -0.0485. The molecule has 7 nitrogen and oxygen atoms in total. The van der Waals surface area contributed by atoms with Gasteiger partial charge in [-0.25, -0.2) is 9.07 Å². The fourth-order valence-electron chi connectivity index (χ4n) is 2.62. The Kier molecular flexibility index (Phi) is 4.60. The molecule has 1 amide bonds. The summed E-state index contributed by atoms with van der Waals surface area (Å²) in [7, 11) is 0. The number of aromatic nitrogens is 5. The Labute approximate surface area is 144 Å². The number of nitrogens with one attached hydrogen (secondary N) is 1. The van der Waals surface area contributed by atoms with Crippen molar-refractivity contribution in [2.45, 2.75) is 27.3 Å². The molecule has 0 saturated carbocycles. The van der Waals surface area contributed by atoms with Crippen molar-refractivity contribution >= 4 is 5.91 Å². The molecule has 8 heteroatoms. The summed E-state index contributed by atoms with van der Waals surface area (Å²) in [6, 6.07) is 6.25. The number of nitrogens with zero attached hydrogens (tertiary/aromatic N) is 5. The first-order valence-electron chi connectivity index (χ1n) is 7.91. The average Bonchev–Trinajstić information content (AvgIpc) is 3.12. The molecule has 1 N–H and O–H groups in total. The lowest BCUT2D eigenvalue weighted by Gasteiger charge is -2.09. The SMILES string of the molecule is Cc1cc(C)n(-c2ccc(C(=O)NCCn3cnnc3C)cc2F)n1. The van der Waals surface area contributed by atoms with Crippen LogP contribution in [0.1, 0.15) is 27.6 Å². The van der Waals surface area contributed by atoms with Gasteiger partial charge in [-0.15, -0.1) is 10.2 Å². The summed E-state index contributed by atoms with van der Waals surface area (Å²) in [6.07, 6.45) is 1.60. The monoisotopic (exact) mass is 342 g/mol. The number of amides is 1. The summed E-state index contributed by atoms with van der Waals surface area (Å²) in [5.41, 5.74) is 2.23. The molecule has 0 aliphatic heterocycles.